The van der Waals surface area contributed by atoms with Gasteiger partial charge in [-0.25, -0.2) is 4.39 Å². The van der Waals surface area contributed by atoms with Gasteiger partial charge in [0.05, 0.1) is 0 Å². The van der Waals surface area contributed by atoms with Crippen LogP contribution in [0.5, 0.6) is 0 Å². The molecule has 0 aromatic carbocycles. The highest BCUT2D eigenvalue weighted by molar-refractivity contribution is 6.83. The Balaban J connectivity index is 2.56. The Morgan fingerprint density at radius 2 is 1.91 bits per heavy atom. The van der Waals surface area contributed by atoms with Crippen LogP contribution in [0, 0.1) is 11.5 Å². The zero-order chi connectivity index (χ0) is 8.54. The predicted molar refractivity (Wildman–Crippen MR) is 47.8 cm³/mol. The predicted octanol–water partition coefficient (Wildman–Crippen LogP) is 1.18. The summed E-state index contributed by atoms with van der Waals surface area (Å²) < 4.78 is 13.2. The number of hydrogen-bond donors (Lipinski definition) is 1. The Bertz CT molecular complexity index is 204. The zero-order valence-electron chi connectivity index (χ0n) is 7.29. The minimum Gasteiger partial charge on any atom is -0.308 e. The van der Waals surface area contributed by atoms with E-state index in [4.69, 9.17) is 0 Å². The molecule has 1 rings (SSSR count). The lowest BCUT2D eigenvalue weighted by molar-refractivity contribution is 0.158. The Morgan fingerprint density at radius 1 is 1.36 bits per heavy atom. The molecule has 0 aromatic rings. The molecule has 1 nitrogen and oxygen atoms in total. The van der Waals surface area contributed by atoms with Crippen LogP contribution < -0.4 is 5.32 Å². The molecule has 0 saturated carbocycles. The van der Waals surface area contributed by atoms with Crippen molar-refractivity contribution < 1.29 is 4.39 Å². The first-order valence-electron chi connectivity index (χ1n) is 3.85. The van der Waals surface area contributed by atoms with Crippen LogP contribution in [0.1, 0.15) is 0 Å². The van der Waals surface area contributed by atoms with Crippen LogP contribution >= 0.6 is 0 Å². The molecule has 0 aliphatic carbocycles. The van der Waals surface area contributed by atoms with E-state index in [2.05, 4.69) is 36.4 Å². The van der Waals surface area contributed by atoms with Gasteiger partial charge in [-0.3, -0.25) is 0 Å². The van der Waals surface area contributed by atoms with E-state index in [9.17, 15) is 4.39 Å². The summed E-state index contributed by atoms with van der Waals surface area (Å²) >= 11 is 0. The molecule has 11 heavy (non-hydrogen) atoms. The van der Waals surface area contributed by atoms with Crippen molar-refractivity contribution in [2.75, 3.05) is 13.1 Å². The first-order valence-corrected chi connectivity index (χ1v) is 7.35. The van der Waals surface area contributed by atoms with E-state index in [1.54, 1.807) is 0 Å². The summed E-state index contributed by atoms with van der Waals surface area (Å²) in [7, 11) is -1.38. The molecule has 62 valence electrons. The van der Waals surface area contributed by atoms with Crippen LogP contribution in [-0.2, 0) is 0 Å². The van der Waals surface area contributed by atoms with Crippen LogP contribution in [0.3, 0.4) is 0 Å². The number of alkyl halides is 1. The monoisotopic (exact) mass is 171 g/mol. The summed E-state index contributed by atoms with van der Waals surface area (Å²) in [4.78, 5) is 0. The van der Waals surface area contributed by atoms with E-state index >= 15 is 0 Å². The fourth-order valence-corrected chi connectivity index (χ4v) is 1.33. The first-order chi connectivity index (χ1) is 4.91. The summed E-state index contributed by atoms with van der Waals surface area (Å²) in [6.45, 7) is 7.18. The van der Waals surface area contributed by atoms with E-state index in [1.165, 1.54) is 0 Å². The minimum absolute atomic E-state index is 0.407. The van der Waals surface area contributed by atoms with Crippen molar-refractivity contribution in [2.24, 2.45) is 0 Å². The second kappa shape index (κ2) is 2.61. The fraction of sp³-hybridized carbons (Fsp3) is 0.750. The lowest BCUT2D eigenvalue weighted by Gasteiger charge is -2.30. The normalized spacial score (nSPS) is 21.5. The smallest absolute Gasteiger partial charge is 0.194 e. The molecular formula is C8H14FNSi. The van der Waals surface area contributed by atoms with Crippen molar-refractivity contribution in [1.82, 2.24) is 5.32 Å². The molecule has 0 spiro atoms. The van der Waals surface area contributed by atoms with Crippen LogP contribution in [0.25, 0.3) is 0 Å². The van der Waals surface area contributed by atoms with E-state index in [-0.39, 0.29) is 0 Å². The summed E-state index contributed by atoms with van der Waals surface area (Å²) in [6.07, 6.45) is 0. The quantitative estimate of drug-likeness (QED) is 0.426. The standard InChI is InChI=1S/C8H14FNSi/c1-11(2,3)5-4-8(9)6-10-7-8/h10H,6-7H2,1-3H3. The van der Waals surface area contributed by atoms with Gasteiger partial charge < -0.3 is 5.32 Å². The maximum absolute atomic E-state index is 13.2. The van der Waals surface area contributed by atoms with Crippen molar-refractivity contribution in [3.8, 4) is 11.5 Å². The van der Waals surface area contributed by atoms with Gasteiger partial charge in [0, 0.05) is 13.1 Å². The number of hydrogen-bond acceptors (Lipinski definition) is 1. The summed E-state index contributed by atoms with van der Waals surface area (Å²) in [5.74, 6) is 2.72. The molecule has 0 radical (unpaired) electrons. The summed E-state index contributed by atoms with van der Waals surface area (Å²) in [6, 6.07) is 0. The largest absolute Gasteiger partial charge is 0.308 e. The molecule has 1 fully saturated rings. The fourth-order valence-electron chi connectivity index (χ4n) is 0.732. The molecule has 1 aliphatic heterocycles. The van der Waals surface area contributed by atoms with E-state index in [0.29, 0.717) is 13.1 Å². The Hall–Kier alpha value is -0.333. The third kappa shape index (κ3) is 2.64. The molecule has 0 atom stereocenters. The van der Waals surface area contributed by atoms with Crippen molar-refractivity contribution in [2.45, 2.75) is 25.3 Å². The summed E-state index contributed by atoms with van der Waals surface area (Å²) in [5.41, 5.74) is 1.83. The van der Waals surface area contributed by atoms with Gasteiger partial charge in [-0.05, 0) is 0 Å². The average Bonchev–Trinajstić information content (AvgIpc) is 1.77. The molecule has 0 amide bonds. The highest BCUT2D eigenvalue weighted by Gasteiger charge is 2.34. The molecule has 0 aromatic heterocycles. The van der Waals surface area contributed by atoms with Crippen LogP contribution in [-0.4, -0.2) is 26.8 Å². The van der Waals surface area contributed by atoms with Gasteiger partial charge in [-0.15, -0.1) is 5.54 Å². The third-order valence-electron chi connectivity index (χ3n) is 1.47. The van der Waals surface area contributed by atoms with E-state index < -0.39 is 13.7 Å². The molecule has 1 heterocycles. The molecule has 0 bridgehead atoms. The Morgan fingerprint density at radius 3 is 2.18 bits per heavy atom. The van der Waals surface area contributed by atoms with Crippen molar-refractivity contribution >= 4 is 8.07 Å². The van der Waals surface area contributed by atoms with Gasteiger partial charge in [-0.1, -0.05) is 25.6 Å². The van der Waals surface area contributed by atoms with E-state index in [1.807, 2.05) is 0 Å². The summed E-state index contributed by atoms with van der Waals surface area (Å²) in [5, 5.41) is 2.88. The van der Waals surface area contributed by atoms with Gasteiger partial charge in [0.25, 0.3) is 0 Å². The number of nitrogens with one attached hydrogen (secondary N) is 1. The SMILES string of the molecule is C[Si](C)(C)C#CC1(F)CNC1. The molecule has 1 aliphatic rings. The Kier molecular flexibility index (Phi) is 2.08. The van der Waals surface area contributed by atoms with E-state index in [0.717, 1.165) is 0 Å². The Labute approximate surface area is 68.4 Å². The molecule has 1 saturated heterocycles. The second-order valence-electron chi connectivity index (χ2n) is 4.07. The van der Waals surface area contributed by atoms with Crippen LogP contribution in [0.15, 0.2) is 0 Å². The molecule has 3 heteroatoms. The minimum atomic E-state index is -1.38. The third-order valence-corrected chi connectivity index (χ3v) is 2.35. The van der Waals surface area contributed by atoms with Gasteiger partial charge in [0.2, 0.25) is 0 Å². The lowest BCUT2D eigenvalue weighted by atomic mass is 10.0. The molecular weight excluding hydrogens is 157 g/mol. The average molecular weight is 171 g/mol. The van der Waals surface area contributed by atoms with Crippen molar-refractivity contribution in [3.05, 3.63) is 0 Å². The van der Waals surface area contributed by atoms with Gasteiger partial charge >= 0.3 is 0 Å². The number of rotatable bonds is 0. The van der Waals surface area contributed by atoms with Crippen molar-refractivity contribution in [1.29, 1.82) is 0 Å². The molecule has 1 N–H and O–H groups in total. The first kappa shape index (κ1) is 8.76. The van der Waals surface area contributed by atoms with Crippen LogP contribution in [0.4, 0.5) is 4.39 Å². The highest BCUT2D eigenvalue weighted by Crippen LogP contribution is 2.14. The number of halogens is 1. The van der Waals surface area contributed by atoms with Gasteiger partial charge in [0.15, 0.2) is 5.67 Å². The van der Waals surface area contributed by atoms with Gasteiger partial charge in [0.1, 0.15) is 8.07 Å². The van der Waals surface area contributed by atoms with Gasteiger partial charge in [-0.2, -0.15) is 0 Å². The topological polar surface area (TPSA) is 12.0 Å². The lowest BCUT2D eigenvalue weighted by Crippen LogP contribution is -2.55. The van der Waals surface area contributed by atoms with Crippen molar-refractivity contribution in [3.63, 3.8) is 0 Å². The van der Waals surface area contributed by atoms with Crippen LogP contribution in [0.2, 0.25) is 19.6 Å². The maximum atomic E-state index is 13.2. The highest BCUT2D eigenvalue weighted by atomic mass is 28.3. The maximum Gasteiger partial charge on any atom is 0.194 e. The zero-order valence-corrected chi connectivity index (χ0v) is 8.29. The second-order valence-corrected chi connectivity index (χ2v) is 8.82. The molecule has 0 unspecified atom stereocenters.